The van der Waals surface area contributed by atoms with Gasteiger partial charge in [0.25, 0.3) is 5.91 Å². The summed E-state index contributed by atoms with van der Waals surface area (Å²) in [6.07, 6.45) is 1.73. The van der Waals surface area contributed by atoms with Crippen molar-refractivity contribution in [2.75, 3.05) is 11.9 Å². The number of amides is 1. The molecule has 0 spiro atoms. The van der Waals surface area contributed by atoms with Crippen LogP contribution in [0.1, 0.15) is 54.1 Å². The normalized spacial score (nSPS) is 14.4. The van der Waals surface area contributed by atoms with Crippen LogP contribution in [0.3, 0.4) is 0 Å². The van der Waals surface area contributed by atoms with Gasteiger partial charge in [0.2, 0.25) is 10.0 Å². The highest BCUT2D eigenvalue weighted by Gasteiger charge is 2.29. The largest absolute Gasteiger partial charge is 0.311 e. The fourth-order valence-electron chi connectivity index (χ4n) is 3.06. The number of nitrogens with zero attached hydrogens (tertiary/aromatic N) is 1. The number of para-hydroxylation sites is 1. The van der Waals surface area contributed by atoms with Crippen molar-refractivity contribution in [1.82, 2.24) is 4.72 Å². The Labute approximate surface area is 161 Å². The summed E-state index contributed by atoms with van der Waals surface area (Å²) in [6.45, 7) is 5.98. The minimum Gasteiger partial charge on any atom is -0.311 e. The van der Waals surface area contributed by atoms with Gasteiger partial charge in [0.15, 0.2) is 0 Å². The molecule has 0 atom stereocenters. The minimum atomic E-state index is -3.60. The van der Waals surface area contributed by atoms with Gasteiger partial charge in [-0.15, -0.1) is 0 Å². The number of nitrogens with one attached hydrogen (secondary N) is 1. The first-order valence-corrected chi connectivity index (χ1v) is 10.7. The molecular formula is C21H26N2O3S. The molecule has 1 saturated carbocycles. The van der Waals surface area contributed by atoms with Gasteiger partial charge < -0.3 is 4.90 Å². The van der Waals surface area contributed by atoms with E-state index in [4.69, 9.17) is 0 Å². The first-order valence-electron chi connectivity index (χ1n) is 9.20. The summed E-state index contributed by atoms with van der Waals surface area (Å²) in [5.41, 5.74) is 3.06. The zero-order valence-corrected chi connectivity index (χ0v) is 17.0. The topological polar surface area (TPSA) is 66.5 Å². The molecule has 0 bridgehead atoms. The number of rotatable bonds is 6. The predicted molar refractivity (Wildman–Crippen MR) is 108 cm³/mol. The van der Waals surface area contributed by atoms with E-state index in [1.54, 1.807) is 24.1 Å². The summed E-state index contributed by atoms with van der Waals surface area (Å²) in [5, 5.41) is 0. The molecule has 3 rings (SSSR count). The molecular weight excluding hydrogens is 360 g/mol. The van der Waals surface area contributed by atoms with Crippen LogP contribution in [0.15, 0.2) is 47.4 Å². The van der Waals surface area contributed by atoms with Crippen molar-refractivity contribution in [2.24, 2.45) is 0 Å². The predicted octanol–water partition coefficient (Wildman–Crippen LogP) is 3.84. The Morgan fingerprint density at radius 1 is 1.15 bits per heavy atom. The Morgan fingerprint density at radius 2 is 1.81 bits per heavy atom. The van der Waals surface area contributed by atoms with Gasteiger partial charge in [0.1, 0.15) is 0 Å². The summed E-state index contributed by atoms with van der Waals surface area (Å²) in [4.78, 5) is 14.9. The molecule has 6 heteroatoms. The number of hydrogen-bond acceptors (Lipinski definition) is 3. The quantitative estimate of drug-likeness (QED) is 0.820. The van der Waals surface area contributed by atoms with Gasteiger partial charge in [0.05, 0.1) is 4.90 Å². The van der Waals surface area contributed by atoms with E-state index in [2.05, 4.69) is 18.6 Å². The van der Waals surface area contributed by atoms with Gasteiger partial charge in [-0.05, 0) is 55.0 Å². The lowest BCUT2D eigenvalue weighted by molar-refractivity contribution is 0.0992. The van der Waals surface area contributed by atoms with Gasteiger partial charge in [-0.3, -0.25) is 4.79 Å². The molecule has 1 N–H and O–H groups in total. The van der Waals surface area contributed by atoms with Crippen LogP contribution in [-0.4, -0.2) is 27.4 Å². The Morgan fingerprint density at radius 3 is 2.44 bits per heavy atom. The average molecular weight is 387 g/mol. The fraction of sp³-hybridized carbons (Fsp3) is 0.381. The number of aryl methyl sites for hydroxylation is 1. The van der Waals surface area contributed by atoms with E-state index in [1.165, 1.54) is 6.07 Å². The van der Waals surface area contributed by atoms with E-state index in [0.717, 1.165) is 29.7 Å². The molecule has 144 valence electrons. The Kier molecular flexibility index (Phi) is 5.40. The van der Waals surface area contributed by atoms with Crippen molar-refractivity contribution >= 4 is 21.6 Å². The van der Waals surface area contributed by atoms with Crippen molar-refractivity contribution in [3.05, 3.63) is 59.2 Å². The van der Waals surface area contributed by atoms with Gasteiger partial charge >= 0.3 is 0 Å². The van der Waals surface area contributed by atoms with Crippen molar-refractivity contribution in [1.29, 1.82) is 0 Å². The van der Waals surface area contributed by atoms with E-state index >= 15 is 0 Å². The molecule has 1 fully saturated rings. The highest BCUT2D eigenvalue weighted by Crippen LogP contribution is 2.29. The lowest BCUT2D eigenvalue weighted by Crippen LogP contribution is -2.29. The molecule has 1 amide bonds. The average Bonchev–Trinajstić information content (AvgIpc) is 3.44. The fourth-order valence-corrected chi connectivity index (χ4v) is 4.39. The van der Waals surface area contributed by atoms with Crippen LogP contribution < -0.4 is 9.62 Å². The zero-order valence-electron chi connectivity index (χ0n) is 16.2. The molecule has 0 heterocycles. The molecule has 2 aromatic carbocycles. The Hall–Kier alpha value is -2.18. The number of sulfonamides is 1. The summed E-state index contributed by atoms with van der Waals surface area (Å²) in [6, 6.07) is 12.5. The maximum Gasteiger partial charge on any atom is 0.258 e. The second-order valence-corrected chi connectivity index (χ2v) is 9.16. The Balaban J connectivity index is 1.96. The summed E-state index contributed by atoms with van der Waals surface area (Å²) in [5.74, 6) is 0.0519. The van der Waals surface area contributed by atoms with Crippen molar-refractivity contribution in [2.45, 2.75) is 50.5 Å². The van der Waals surface area contributed by atoms with Crippen LogP contribution in [-0.2, 0) is 10.0 Å². The molecule has 0 aromatic heterocycles. The van der Waals surface area contributed by atoms with Crippen LogP contribution in [0.4, 0.5) is 5.69 Å². The van der Waals surface area contributed by atoms with Crippen molar-refractivity contribution in [3.63, 3.8) is 0 Å². The van der Waals surface area contributed by atoms with E-state index in [9.17, 15) is 13.2 Å². The van der Waals surface area contributed by atoms with Crippen LogP contribution in [0, 0.1) is 6.92 Å². The second-order valence-electron chi connectivity index (χ2n) is 7.45. The SMILES string of the molecule is Cc1ccc(S(=O)(=O)NC2CC2)cc1C(=O)N(C)c1ccccc1C(C)C. The van der Waals surface area contributed by atoms with Crippen LogP contribution in [0.5, 0.6) is 0 Å². The first kappa shape index (κ1) is 19.6. The molecule has 0 aliphatic heterocycles. The monoisotopic (exact) mass is 386 g/mol. The molecule has 0 unspecified atom stereocenters. The van der Waals surface area contributed by atoms with E-state index in [-0.39, 0.29) is 22.8 Å². The van der Waals surface area contributed by atoms with Crippen molar-refractivity contribution < 1.29 is 13.2 Å². The lowest BCUT2D eigenvalue weighted by Gasteiger charge is -2.23. The summed E-state index contributed by atoms with van der Waals surface area (Å²) >= 11 is 0. The van der Waals surface area contributed by atoms with E-state index in [1.807, 2.05) is 31.2 Å². The molecule has 2 aromatic rings. The molecule has 1 aliphatic rings. The van der Waals surface area contributed by atoms with E-state index < -0.39 is 10.0 Å². The number of hydrogen-bond donors (Lipinski definition) is 1. The van der Waals surface area contributed by atoms with Gasteiger partial charge in [0, 0.05) is 24.3 Å². The number of carbonyl (C=O) groups is 1. The second kappa shape index (κ2) is 7.44. The Bertz CT molecular complexity index is 963. The third-order valence-electron chi connectivity index (χ3n) is 4.87. The molecule has 1 aliphatic carbocycles. The first-order chi connectivity index (χ1) is 12.7. The maximum atomic E-state index is 13.2. The van der Waals surface area contributed by atoms with E-state index in [0.29, 0.717) is 5.56 Å². The number of benzene rings is 2. The molecule has 0 saturated heterocycles. The third kappa shape index (κ3) is 4.22. The smallest absolute Gasteiger partial charge is 0.258 e. The number of anilines is 1. The molecule has 0 radical (unpaired) electrons. The third-order valence-corrected chi connectivity index (χ3v) is 6.39. The highest BCUT2D eigenvalue weighted by atomic mass is 32.2. The van der Waals surface area contributed by atoms with Crippen molar-refractivity contribution in [3.8, 4) is 0 Å². The summed E-state index contributed by atoms with van der Waals surface area (Å²) in [7, 11) is -1.87. The molecule has 5 nitrogen and oxygen atoms in total. The number of carbonyl (C=O) groups excluding carboxylic acids is 1. The van der Waals surface area contributed by atoms with Crippen LogP contribution in [0.2, 0.25) is 0 Å². The standard InChI is InChI=1S/C21H26N2O3S/c1-14(2)18-7-5-6-8-20(18)23(4)21(24)19-13-17(12-9-15(19)3)27(25,26)22-16-10-11-16/h5-9,12-14,16,22H,10-11H2,1-4H3. The minimum absolute atomic E-state index is 0.0241. The highest BCUT2D eigenvalue weighted by molar-refractivity contribution is 7.89. The zero-order chi connectivity index (χ0) is 19.8. The summed E-state index contributed by atoms with van der Waals surface area (Å²) < 4.78 is 27.7. The van der Waals surface area contributed by atoms with Gasteiger partial charge in [-0.1, -0.05) is 38.1 Å². The lowest BCUT2D eigenvalue weighted by atomic mass is 10.00. The van der Waals surface area contributed by atoms with Gasteiger partial charge in [-0.25, -0.2) is 13.1 Å². The maximum absolute atomic E-state index is 13.2. The van der Waals surface area contributed by atoms with Crippen LogP contribution in [0.25, 0.3) is 0 Å². The molecule has 27 heavy (non-hydrogen) atoms. The van der Waals surface area contributed by atoms with Crippen LogP contribution >= 0.6 is 0 Å². The van der Waals surface area contributed by atoms with Gasteiger partial charge in [-0.2, -0.15) is 0 Å².